The molecule has 0 aromatic rings. The van der Waals surface area contributed by atoms with Crippen molar-refractivity contribution in [3.8, 4) is 0 Å². The summed E-state index contributed by atoms with van der Waals surface area (Å²) < 4.78 is 4.96. The zero-order chi connectivity index (χ0) is 14.9. The van der Waals surface area contributed by atoms with Crippen LogP contribution in [0.15, 0.2) is 24.8 Å². The predicted octanol–water partition coefficient (Wildman–Crippen LogP) is 2.56. The number of rotatable bonds is 10. The first-order chi connectivity index (χ1) is 8.84. The molecule has 0 bridgehead atoms. The van der Waals surface area contributed by atoms with E-state index in [1.165, 1.54) is 6.08 Å². The fraction of sp³-hybridized carbons (Fsp3) is 0.600. The van der Waals surface area contributed by atoms with Crippen molar-refractivity contribution in [2.75, 3.05) is 6.61 Å². The number of ketones is 1. The number of allylic oxidation sites excluding steroid dienone is 1. The molecule has 0 aliphatic rings. The van der Waals surface area contributed by atoms with Crippen LogP contribution in [0.5, 0.6) is 0 Å². The molecule has 0 saturated heterocycles. The van der Waals surface area contributed by atoms with E-state index >= 15 is 0 Å². The van der Waals surface area contributed by atoms with Crippen LogP contribution < -0.4 is 0 Å². The van der Waals surface area contributed by atoms with Crippen LogP contribution in [-0.2, 0) is 14.3 Å². The summed E-state index contributed by atoms with van der Waals surface area (Å²) in [5.41, 5.74) is -0.517. The highest BCUT2D eigenvalue weighted by Gasteiger charge is 2.24. The summed E-state index contributed by atoms with van der Waals surface area (Å²) in [4.78, 5) is 22.3. The maximum absolute atomic E-state index is 11.2. The molecule has 1 N–H and O–H groups in total. The van der Waals surface area contributed by atoms with Gasteiger partial charge < -0.3 is 9.84 Å². The predicted molar refractivity (Wildman–Crippen MR) is 74.7 cm³/mol. The largest absolute Gasteiger partial charge is 0.462 e. The Labute approximate surface area is 115 Å². The molecule has 108 valence electrons. The Morgan fingerprint density at radius 2 is 2.00 bits per heavy atom. The standard InChI is InChI=1S/C15H24O4/c1-5-13(16)8-10-15(18,6-2)9-7-11-19-14(17)12(3)4/h5,18H,1,3,6-11H2,2,4H3. The van der Waals surface area contributed by atoms with Gasteiger partial charge in [0.1, 0.15) is 0 Å². The van der Waals surface area contributed by atoms with E-state index in [2.05, 4.69) is 13.2 Å². The van der Waals surface area contributed by atoms with Crippen LogP contribution in [0.25, 0.3) is 0 Å². The third kappa shape index (κ3) is 7.57. The van der Waals surface area contributed by atoms with Crippen molar-refractivity contribution in [2.24, 2.45) is 0 Å². The van der Waals surface area contributed by atoms with Gasteiger partial charge in [-0.2, -0.15) is 0 Å². The zero-order valence-electron chi connectivity index (χ0n) is 11.9. The number of hydrogen-bond acceptors (Lipinski definition) is 4. The van der Waals surface area contributed by atoms with Gasteiger partial charge >= 0.3 is 5.97 Å². The minimum Gasteiger partial charge on any atom is -0.462 e. The lowest BCUT2D eigenvalue weighted by atomic mass is 9.89. The number of esters is 1. The van der Waals surface area contributed by atoms with Crippen molar-refractivity contribution in [3.63, 3.8) is 0 Å². The van der Waals surface area contributed by atoms with Crippen molar-refractivity contribution in [3.05, 3.63) is 24.8 Å². The first-order valence-corrected chi connectivity index (χ1v) is 6.55. The lowest BCUT2D eigenvalue weighted by molar-refractivity contribution is -0.139. The van der Waals surface area contributed by atoms with Gasteiger partial charge in [0.2, 0.25) is 0 Å². The molecule has 4 heteroatoms. The van der Waals surface area contributed by atoms with Gasteiger partial charge in [-0.25, -0.2) is 4.79 Å². The van der Waals surface area contributed by atoms with Crippen molar-refractivity contribution >= 4 is 11.8 Å². The fourth-order valence-corrected chi connectivity index (χ4v) is 1.63. The minimum atomic E-state index is -0.881. The normalized spacial score (nSPS) is 13.4. The smallest absolute Gasteiger partial charge is 0.333 e. The van der Waals surface area contributed by atoms with Crippen LogP contribution in [0, 0.1) is 0 Å². The van der Waals surface area contributed by atoms with E-state index < -0.39 is 11.6 Å². The summed E-state index contributed by atoms with van der Waals surface area (Å²) in [5, 5.41) is 10.3. The number of carbonyl (C=O) groups is 2. The van der Waals surface area contributed by atoms with Crippen molar-refractivity contribution < 1.29 is 19.4 Å². The SMILES string of the molecule is C=CC(=O)CCC(O)(CC)CCCOC(=O)C(=C)C. The topological polar surface area (TPSA) is 63.6 Å². The highest BCUT2D eigenvalue weighted by molar-refractivity contribution is 5.89. The van der Waals surface area contributed by atoms with Crippen LogP contribution >= 0.6 is 0 Å². The summed E-state index contributed by atoms with van der Waals surface area (Å²) in [6, 6.07) is 0. The molecule has 0 aliphatic heterocycles. The van der Waals surface area contributed by atoms with Gasteiger partial charge in [-0.1, -0.05) is 20.1 Å². The number of hydrogen-bond donors (Lipinski definition) is 1. The van der Waals surface area contributed by atoms with Crippen LogP contribution in [0.1, 0.15) is 46.0 Å². The second-order valence-electron chi connectivity index (χ2n) is 4.77. The van der Waals surface area contributed by atoms with E-state index in [0.29, 0.717) is 37.7 Å². The van der Waals surface area contributed by atoms with E-state index in [1.807, 2.05) is 6.92 Å². The molecule has 0 amide bonds. The number of carbonyl (C=O) groups excluding carboxylic acids is 2. The summed E-state index contributed by atoms with van der Waals surface area (Å²) in [6.07, 6.45) is 3.59. The van der Waals surface area contributed by atoms with Crippen molar-refractivity contribution in [1.82, 2.24) is 0 Å². The third-order valence-electron chi connectivity index (χ3n) is 3.09. The van der Waals surface area contributed by atoms with Crippen LogP contribution in [-0.4, -0.2) is 29.1 Å². The van der Waals surface area contributed by atoms with Crippen LogP contribution in [0.2, 0.25) is 0 Å². The average molecular weight is 268 g/mol. The maximum Gasteiger partial charge on any atom is 0.333 e. The van der Waals surface area contributed by atoms with Gasteiger partial charge in [0.25, 0.3) is 0 Å². The molecular weight excluding hydrogens is 244 g/mol. The van der Waals surface area contributed by atoms with Gasteiger partial charge in [0.15, 0.2) is 5.78 Å². The molecule has 0 spiro atoms. The van der Waals surface area contributed by atoms with Crippen LogP contribution in [0.4, 0.5) is 0 Å². The molecular formula is C15H24O4. The van der Waals surface area contributed by atoms with E-state index in [-0.39, 0.29) is 12.4 Å². The summed E-state index contributed by atoms with van der Waals surface area (Å²) >= 11 is 0. The first kappa shape index (κ1) is 17.6. The molecule has 0 radical (unpaired) electrons. The maximum atomic E-state index is 11.2. The Morgan fingerprint density at radius 1 is 1.37 bits per heavy atom. The summed E-state index contributed by atoms with van der Waals surface area (Å²) in [6.45, 7) is 10.6. The van der Waals surface area contributed by atoms with E-state index in [4.69, 9.17) is 4.74 Å². The third-order valence-corrected chi connectivity index (χ3v) is 3.09. The Hall–Kier alpha value is -1.42. The molecule has 0 heterocycles. The Balaban J connectivity index is 4.03. The molecule has 1 atom stereocenters. The average Bonchev–Trinajstić information content (AvgIpc) is 2.40. The van der Waals surface area contributed by atoms with Crippen LogP contribution in [0.3, 0.4) is 0 Å². The van der Waals surface area contributed by atoms with Crippen molar-refractivity contribution in [1.29, 1.82) is 0 Å². The first-order valence-electron chi connectivity index (χ1n) is 6.55. The number of ether oxygens (including phenoxy) is 1. The molecule has 0 aliphatic carbocycles. The molecule has 1 unspecified atom stereocenters. The van der Waals surface area contributed by atoms with E-state index in [9.17, 15) is 14.7 Å². The Morgan fingerprint density at radius 3 is 2.47 bits per heavy atom. The zero-order valence-corrected chi connectivity index (χ0v) is 11.9. The van der Waals surface area contributed by atoms with E-state index in [1.54, 1.807) is 6.92 Å². The monoisotopic (exact) mass is 268 g/mol. The highest BCUT2D eigenvalue weighted by atomic mass is 16.5. The second-order valence-corrected chi connectivity index (χ2v) is 4.77. The lowest BCUT2D eigenvalue weighted by Gasteiger charge is -2.26. The van der Waals surface area contributed by atoms with Gasteiger partial charge in [-0.05, 0) is 38.7 Å². The fourth-order valence-electron chi connectivity index (χ4n) is 1.63. The number of aliphatic hydroxyl groups is 1. The summed E-state index contributed by atoms with van der Waals surface area (Å²) in [7, 11) is 0. The van der Waals surface area contributed by atoms with Crippen molar-refractivity contribution in [2.45, 2.75) is 51.6 Å². The molecule has 4 nitrogen and oxygen atoms in total. The molecule has 0 aromatic heterocycles. The Kier molecular flexibility index (Phi) is 8.00. The van der Waals surface area contributed by atoms with E-state index in [0.717, 1.165) is 0 Å². The molecule has 0 aromatic carbocycles. The van der Waals surface area contributed by atoms with Gasteiger partial charge in [0, 0.05) is 12.0 Å². The minimum absolute atomic E-state index is 0.0689. The summed E-state index contributed by atoms with van der Waals surface area (Å²) in [5.74, 6) is -0.484. The quantitative estimate of drug-likeness (QED) is 0.376. The van der Waals surface area contributed by atoms with Gasteiger partial charge in [-0.3, -0.25) is 4.79 Å². The molecule has 0 saturated carbocycles. The Bertz CT molecular complexity index is 346. The molecule has 0 fully saturated rings. The lowest BCUT2D eigenvalue weighted by Crippen LogP contribution is -2.29. The van der Waals surface area contributed by atoms with Gasteiger partial charge in [0.05, 0.1) is 12.2 Å². The van der Waals surface area contributed by atoms with Gasteiger partial charge in [-0.15, -0.1) is 0 Å². The highest BCUT2D eigenvalue weighted by Crippen LogP contribution is 2.23. The second kappa shape index (κ2) is 8.64. The molecule has 19 heavy (non-hydrogen) atoms. The molecule has 0 rings (SSSR count).